The molecule has 110 valence electrons. The summed E-state index contributed by atoms with van der Waals surface area (Å²) in [6, 6.07) is 4.85. The Morgan fingerprint density at radius 3 is 2.60 bits per heavy atom. The van der Waals surface area contributed by atoms with E-state index in [0.29, 0.717) is 5.69 Å². The number of rotatable bonds is 5. The van der Waals surface area contributed by atoms with Crippen LogP contribution in [-0.2, 0) is 14.8 Å². The van der Waals surface area contributed by atoms with Gasteiger partial charge >= 0.3 is 0 Å². The van der Waals surface area contributed by atoms with Crippen LogP contribution in [0.1, 0.15) is 18.4 Å². The summed E-state index contributed by atoms with van der Waals surface area (Å²) in [5.41, 5.74) is 6.82. The molecule has 1 saturated carbocycles. The maximum absolute atomic E-state index is 12.4. The smallest absolute Gasteiger partial charge is 0.243 e. The monoisotopic (exact) mass is 297 g/mol. The SMILES string of the molecule is Cc1cc(N)cc(S(=O)(=O)N(C)CC(=O)NC2CC2)c1. The van der Waals surface area contributed by atoms with Crippen molar-refractivity contribution in [1.82, 2.24) is 9.62 Å². The van der Waals surface area contributed by atoms with Crippen LogP contribution in [-0.4, -0.2) is 38.3 Å². The van der Waals surface area contributed by atoms with Gasteiger partial charge in [-0.15, -0.1) is 0 Å². The number of nitrogens with two attached hydrogens (primary N) is 1. The zero-order valence-electron chi connectivity index (χ0n) is 11.6. The van der Waals surface area contributed by atoms with Gasteiger partial charge in [-0.25, -0.2) is 8.42 Å². The molecule has 2 rings (SSSR count). The molecular weight excluding hydrogens is 278 g/mol. The van der Waals surface area contributed by atoms with Gasteiger partial charge in [0.05, 0.1) is 11.4 Å². The minimum absolute atomic E-state index is 0.108. The number of benzene rings is 1. The van der Waals surface area contributed by atoms with E-state index in [1.165, 1.54) is 13.1 Å². The summed E-state index contributed by atoms with van der Waals surface area (Å²) in [7, 11) is -2.31. The lowest BCUT2D eigenvalue weighted by atomic mass is 10.2. The number of sulfonamides is 1. The molecule has 20 heavy (non-hydrogen) atoms. The maximum Gasteiger partial charge on any atom is 0.243 e. The first kappa shape index (κ1) is 14.8. The molecule has 1 fully saturated rings. The Hall–Kier alpha value is -1.60. The minimum Gasteiger partial charge on any atom is -0.399 e. The predicted molar refractivity (Wildman–Crippen MR) is 76.6 cm³/mol. The molecule has 0 spiro atoms. The number of carbonyl (C=O) groups is 1. The fraction of sp³-hybridized carbons (Fsp3) is 0.462. The number of amides is 1. The van der Waals surface area contributed by atoms with Crippen LogP contribution in [0.15, 0.2) is 23.1 Å². The molecule has 1 aliphatic rings. The van der Waals surface area contributed by atoms with Crippen LogP contribution in [0.2, 0.25) is 0 Å². The first-order valence-corrected chi connectivity index (χ1v) is 7.86. The molecule has 0 aliphatic heterocycles. The lowest BCUT2D eigenvalue weighted by Crippen LogP contribution is -2.39. The highest BCUT2D eigenvalue weighted by atomic mass is 32.2. The van der Waals surface area contributed by atoms with Crippen LogP contribution in [0, 0.1) is 6.92 Å². The first-order chi connectivity index (χ1) is 9.29. The van der Waals surface area contributed by atoms with Gasteiger partial charge in [0.15, 0.2) is 0 Å². The normalized spacial score (nSPS) is 15.3. The number of likely N-dealkylation sites (N-methyl/N-ethyl adjacent to an activating group) is 1. The second-order valence-corrected chi connectivity index (χ2v) is 7.23. The van der Waals surface area contributed by atoms with Gasteiger partial charge in [0.1, 0.15) is 0 Å². The van der Waals surface area contributed by atoms with E-state index in [0.717, 1.165) is 22.7 Å². The fourth-order valence-corrected chi connectivity index (χ4v) is 3.16. The summed E-state index contributed by atoms with van der Waals surface area (Å²) in [6.45, 7) is 1.59. The second-order valence-electron chi connectivity index (χ2n) is 5.18. The number of anilines is 1. The van der Waals surface area contributed by atoms with E-state index in [2.05, 4.69) is 5.32 Å². The standard InChI is InChI=1S/C13H19N3O3S/c1-9-5-10(14)7-12(6-9)20(18,19)16(2)8-13(17)15-11-3-4-11/h5-7,11H,3-4,8,14H2,1-2H3,(H,15,17). The van der Waals surface area contributed by atoms with E-state index in [1.807, 2.05) is 0 Å². The molecular formula is C13H19N3O3S. The van der Waals surface area contributed by atoms with E-state index in [4.69, 9.17) is 5.73 Å². The molecule has 0 radical (unpaired) electrons. The van der Waals surface area contributed by atoms with Crippen molar-refractivity contribution in [2.24, 2.45) is 0 Å². The molecule has 1 amide bonds. The molecule has 0 bridgehead atoms. The van der Waals surface area contributed by atoms with E-state index >= 15 is 0 Å². The average Bonchev–Trinajstić information content (AvgIpc) is 3.11. The van der Waals surface area contributed by atoms with E-state index < -0.39 is 10.0 Å². The van der Waals surface area contributed by atoms with Crippen molar-refractivity contribution in [1.29, 1.82) is 0 Å². The highest BCUT2D eigenvalue weighted by molar-refractivity contribution is 7.89. The number of hydrogen-bond donors (Lipinski definition) is 2. The Labute approximate surface area is 119 Å². The van der Waals surface area contributed by atoms with Gasteiger partial charge in [-0.1, -0.05) is 0 Å². The largest absolute Gasteiger partial charge is 0.399 e. The van der Waals surface area contributed by atoms with Gasteiger partial charge in [0.25, 0.3) is 0 Å². The zero-order chi connectivity index (χ0) is 14.9. The molecule has 3 N–H and O–H groups in total. The topological polar surface area (TPSA) is 92.5 Å². The summed E-state index contributed by atoms with van der Waals surface area (Å²) in [5, 5.41) is 2.76. The molecule has 0 atom stereocenters. The van der Waals surface area contributed by atoms with Gasteiger partial charge in [-0.05, 0) is 43.5 Å². The Bertz CT molecular complexity index is 603. The van der Waals surface area contributed by atoms with E-state index in [-0.39, 0.29) is 23.4 Å². The number of aryl methyl sites for hydroxylation is 1. The number of hydrogen-bond acceptors (Lipinski definition) is 4. The average molecular weight is 297 g/mol. The van der Waals surface area contributed by atoms with E-state index in [1.54, 1.807) is 19.1 Å². The lowest BCUT2D eigenvalue weighted by Gasteiger charge is -2.17. The Morgan fingerprint density at radius 2 is 2.05 bits per heavy atom. The summed E-state index contributed by atoms with van der Waals surface area (Å²) in [4.78, 5) is 11.8. The quantitative estimate of drug-likeness (QED) is 0.773. The molecule has 1 aromatic carbocycles. The number of carbonyl (C=O) groups excluding carboxylic acids is 1. The van der Waals surface area contributed by atoms with Crippen molar-refractivity contribution < 1.29 is 13.2 Å². The summed E-state index contributed by atoms with van der Waals surface area (Å²) in [6.07, 6.45) is 1.94. The third-order valence-corrected chi connectivity index (χ3v) is 4.87. The van der Waals surface area contributed by atoms with Crippen LogP contribution in [0.25, 0.3) is 0 Å². The van der Waals surface area contributed by atoms with Crippen LogP contribution in [0.3, 0.4) is 0 Å². The number of nitrogens with zero attached hydrogens (tertiary/aromatic N) is 1. The van der Waals surface area contributed by atoms with Gasteiger partial charge in [0, 0.05) is 18.8 Å². The lowest BCUT2D eigenvalue weighted by molar-refractivity contribution is -0.121. The van der Waals surface area contributed by atoms with Crippen molar-refractivity contribution in [2.75, 3.05) is 19.3 Å². The number of nitrogens with one attached hydrogen (secondary N) is 1. The Kier molecular flexibility index (Phi) is 4.01. The van der Waals surface area contributed by atoms with Crippen LogP contribution in [0.4, 0.5) is 5.69 Å². The van der Waals surface area contributed by atoms with Crippen molar-refractivity contribution in [3.05, 3.63) is 23.8 Å². The van der Waals surface area contributed by atoms with Crippen LogP contribution < -0.4 is 11.1 Å². The second kappa shape index (κ2) is 5.41. The van der Waals surface area contributed by atoms with Gasteiger partial charge in [-0.3, -0.25) is 4.79 Å². The minimum atomic E-state index is -3.70. The molecule has 1 aromatic rings. The van der Waals surface area contributed by atoms with Crippen molar-refractivity contribution >= 4 is 21.6 Å². The van der Waals surface area contributed by atoms with Gasteiger partial charge in [0.2, 0.25) is 15.9 Å². The van der Waals surface area contributed by atoms with Gasteiger partial charge < -0.3 is 11.1 Å². The van der Waals surface area contributed by atoms with Crippen LogP contribution in [0.5, 0.6) is 0 Å². The molecule has 0 heterocycles. The van der Waals surface area contributed by atoms with Gasteiger partial charge in [-0.2, -0.15) is 4.31 Å². The summed E-state index contributed by atoms with van der Waals surface area (Å²) < 4.78 is 25.8. The molecule has 0 unspecified atom stereocenters. The summed E-state index contributed by atoms with van der Waals surface area (Å²) >= 11 is 0. The maximum atomic E-state index is 12.4. The Morgan fingerprint density at radius 1 is 1.40 bits per heavy atom. The zero-order valence-corrected chi connectivity index (χ0v) is 12.4. The third-order valence-electron chi connectivity index (χ3n) is 3.09. The van der Waals surface area contributed by atoms with Crippen molar-refractivity contribution in [3.63, 3.8) is 0 Å². The highest BCUT2D eigenvalue weighted by Gasteiger charge is 2.27. The fourth-order valence-electron chi connectivity index (χ4n) is 1.89. The van der Waals surface area contributed by atoms with E-state index in [9.17, 15) is 13.2 Å². The highest BCUT2D eigenvalue weighted by Crippen LogP contribution is 2.20. The van der Waals surface area contributed by atoms with Crippen molar-refractivity contribution in [3.8, 4) is 0 Å². The predicted octanol–water partition coefficient (Wildman–Crippen LogP) is 0.476. The van der Waals surface area contributed by atoms with Crippen LogP contribution >= 0.6 is 0 Å². The molecule has 6 nitrogen and oxygen atoms in total. The van der Waals surface area contributed by atoms with Crippen molar-refractivity contribution in [2.45, 2.75) is 30.7 Å². The first-order valence-electron chi connectivity index (χ1n) is 6.42. The molecule has 0 saturated heterocycles. The molecule has 7 heteroatoms. The Balaban J connectivity index is 2.13. The number of nitrogen functional groups attached to an aromatic ring is 1. The third kappa shape index (κ3) is 3.49. The summed E-state index contributed by atoms with van der Waals surface area (Å²) in [5.74, 6) is -0.279. The molecule has 1 aliphatic carbocycles. The molecule has 0 aromatic heterocycles.